The number of amides is 1. The van der Waals surface area contributed by atoms with E-state index >= 15 is 0 Å². The van der Waals surface area contributed by atoms with Crippen molar-refractivity contribution in [3.63, 3.8) is 0 Å². The Morgan fingerprint density at radius 1 is 1.21 bits per heavy atom. The van der Waals surface area contributed by atoms with E-state index in [4.69, 9.17) is 5.26 Å². The number of hydrogen-bond acceptors (Lipinski definition) is 5. The van der Waals surface area contributed by atoms with Crippen LogP contribution in [0.2, 0.25) is 0 Å². The summed E-state index contributed by atoms with van der Waals surface area (Å²) >= 11 is 1.15. The van der Waals surface area contributed by atoms with E-state index in [0.717, 1.165) is 23.4 Å². The van der Waals surface area contributed by atoms with Gasteiger partial charge in [0, 0.05) is 5.75 Å². The standard InChI is InChI=1S/C18H15F3N2O3S2/c1-12(27-11-13-5-3-2-4-6-13)17(24)23-28(25,26)16-8-7-14(10-22)9-15(16)18(19,20)21/h2-9,12H,11H2,1H3,(H,23,24). The highest BCUT2D eigenvalue weighted by Gasteiger charge is 2.38. The van der Waals surface area contributed by atoms with Gasteiger partial charge in [0.2, 0.25) is 5.91 Å². The second-order valence-corrected chi connectivity index (χ2v) is 8.71. The number of alkyl halides is 3. The van der Waals surface area contributed by atoms with E-state index in [1.54, 1.807) is 4.72 Å². The minimum absolute atomic E-state index is 0.343. The molecule has 2 rings (SSSR count). The zero-order valence-electron chi connectivity index (χ0n) is 14.5. The molecule has 0 aliphatic carbocycles. The highest BCUT2D eigenvalue weighted by molar-refractivity contribution is 8.00. The Kier molecular flexibility index (Phi) is 6.74. The van der Waals surface area contributed by atoms with Crippen molar-refractivity contribution in [3.05, 3.63) is 65.2 Å². The molecule has 1 amide bonds. The molecule has 0 saturated carbocycles. The van der Waals surface area contributed by atoms with Gasteiger partial charge in [-0.1, -0.05) is 30.3 Å². The molecule has 0 aromatic heterocycles. The topological polar surface area (TPSA) is 87.0 Å². The first kappa shape index (κ1) is 21.8. The average molecular weight is 428 g/mol. The van der Waals surface area contributed by atoms with Crippen molar-refractivity contribution in [2.24, 2.45) is 0 Å². The number of nitrogens with zero attached hydrogens (tertiary/aromatic N) is 1. The number of carbonyl (C=O) groups is 1. The van der Waals surface area contributed by atoms with Gasteiger partial charge in [0.15, 0.2) is 0 Å². The smallest absolute Gasteiger partial charge is 0.273 e. The first-order valence-electron chi connectivity index (χ1n) is 7.88. The number of halogens is 3. The molecule has 28 heavy (non-hydrogen) atoms. The van der Waals surface area contributed by atoms with Crippen LogP contribution < -0.4 is 4.72 Å². The second kappa shape index (κ2) is 8.67. The van der Waals surface area contributed by atoms with Crippen LogP contribution >= 0.6 is 11.8 Å². The summed E-state index contributed by atoms with van der Waals surface area (Å²) in [4.78, 5) is 11.1. The van der Waals surface area contributed by atoms with E-state index < -0.39 is 37.8 Å². The summed E-state index contributed by atoms with van der Waals surface area (Å²) in [6, 6.07) is 12.7. The normalized spacial score (nSPS) is 12.8. The Bertz CT molecular complexity index is 1000. The summed E-state index contributed by atoms with van der Waals surface area (Å²) in [6.45, 7) is 1.46. The third-order valence-electron chi connectivity index (χ3n) is 3.65. The summed E-state index contributed by atoms with van der Waals surface area (Å²) in [5, 5.41) is 7.94. The van der Waals surface area contributed by atoms with Gasteiger partial charge < -0.3 is 0 Å². The van der Waals surface area contributed by atoms with Gasteiger partial charge in [-0.15, -0.1) is 11.8 Å². The van der Waals surface area contributed by atoms with Crippen LogP contribution in [0.25, 0.3) is 0 Å². The minimum atomic E-state index is -5.01. The number of nitriles is 1. The van der Waals surface area contributed by atoms with E-state index in [-0.39, 0.29) is 5.56 Å². The van der Waals surface area contributed by atoms with Gasteiger partial charge in [-0.25, -0.2) is 13.1 Å². The number of nitrogens with one attached hydrogen (secondary N) is 1. The molecule has 0 heterocycles. The molecular formula is C18H15F3N2O3S2. The molecule has 5 nitrogen and oxygen atoms in total. The van der Waals surface area contributed by atoms with Crippen molar-refractivity contribution in [1.82, 2.24) is 4.72 Å². The lowest BCUT2D eigenvalue weighted by atomic mass is 10.1. The van der Waals surface area contributed by atoms with Crippen molar-refractivity contribution in [2.75, 3.05) is 0 Å². The fraction of sp³-hybridized carbons (Fsp3) is 0.222. The number of carbonyl (C=O) groups excluding carboxylic acids is 1. The molecule has 0 radical (unpaired) electrons. The van der Waals surface area contributed by atoms with E-state index in [1.807, 2.05) is 30.3 Å². The van der Waals surface area contributed by atoms with Crippen molar-refractivity contribution in [1.29, 1.82) is 5.26 Å². The quantitative estimate of drug-likeness (QED) is 0.758. The van der Waals surface area contributed by atoms with Crippen molar-refractivity contribution >= 4 is 27.7 Å². The Balaban J connectivity index is 2.19. The molecule has 148 valence electrons. The fourth-order valence-corrected chi connectivity index (χ4v) is 4.38. The van der Waals surface area contributed by atoms with Crippen LogP contribution in [0.5, 0.6) is 0 Å². The van der Waals surface area contributed by atoms with Gasteiger partial charge in [-0.3, -0.25) is 4.79 Å². The van der Waals surface area contributed by atoms with E-state index in [2.05, 4.69) is 0 Å². The SMILES string of the molecule is CC(SCc1ccccc1)C(=O)NS(=O)(=O)c1ccc(C#N)cc1C(F)(F)F. The molecule has 2 aromatic carbocycles. The summed E-state index contributed by atoms with van der Waals surface area (Å²) in [5.41, 5.74) is -0.928. The van der Waals surface area contributed by atoms with Crippen LogP contribution in [0.4, 0.5) is 13.2 Å². The lowest BCUT2D eigenvalue weighted by molar-refractivity contribution is -0.140. The largest absolute Gasteiger partial charge is 0.417 e. The van der Waals surface area contributed by atoms with Crippen LogP contribution in [0.1, 0.15) is 23.6 Å². The van der Waals surface area contributed by atoms with Crippen molar-refractivity contribution in [2.45, 2.75) is 29.0 Å². The summed E-state index contributed by atoms with van der Waals surface area (Å²) in [7, 11) is -4.77. The predicted octanol–water partition coefficient (Wildman–Crippen LogP) is 3.70. The second-order valence-electron chi connectivity index (χ2n) is 5.73. The molecule has 1 N–H and O–H groups in total. The molecular weight excluding hydrogens is 413 g/mol. The summed E-state index contributed by atoms with van der Waals surface area (Å²) < 4.78 is 66.0. The summed E-state index contributed by atoms with van der Waals surface area (Å²) in [5.74, 6) is -0.501. The van der Waals surface area contributed by atoms with Crippen LogP contribution in [-0.4, -0.2) is 19.6 Å². The lowest BCUT2D eigenvalue weighted by Gasteiger charge is -2.16. The molecule has 0 spiro atoms. The van der Waals surface area contributed by atoms with E-state index in [1.165, 1.54) is 13.0 Å². The number of sulfonamides is 1. The van der Waals surface area contributed by atoms with Gasteiger partial charge in [0.05, 0.1) is 27.3 Å². The monoisotopic (exact) mass is 428 g/mol. The zero-order valence-corrected chi connectivity index (χ0v) is 16.2. The van der Waals surface area contributed by atoms with Crippen LogP contribution in [-0.2, 0) is 26.7 Å². The zero-order chi connectivity index (χ0) is 20.9. The maximum atomic E-state index is 13.2. The molecule has 10 heteroatoms. The van der Waals surface area contributed by atoms with Crippen LogP contribution in [0.3, 0.4) is 0 Å². The van der Waals surface area contributed by atoms with Gasteiger partial charge >= 0.3 is 6.18 Å². The Morgan fingerprint density at radius 2 is 1.86 bits per heavy atom. The van der Waals surface area contributed by atoms with Gasteiger partial charge in [-0.2, -0.15) is 18.4 Å². The van der Waals surface area contributed by atoms with Crippen molar-refractivity contribution < 1.29 is 26.4 Å². The average Bonchev–Trinajstić information content (AvgIpc) is 2.65. The molecule has 0 fully saturated rings. The fourth-order valence-electron chi connectivity index (χ4n) is 2.20. The third kappa shape index (κ3) is 5.50. The molecule has 0 aliphatic rings. The maximum absolute atomic E-state index is 13.2. The highest BCUT2D eigenvalue weighted by atomic mass is 32.2. The molecule has 1 unspecified atom stereocenters. The van der Waals surface area contributed by atoms with Crippen LogP contribution in [0.15, 0.2) is 53.4 Å². The molecule has 0 saturated heterocycles. The van der Waals surface area contributed by atoms with Gasteiger partial charge in [0.1, 0.15) is 0 Å². The Hall–Kier alpha value is -2.51. The Labute approximate surface area is 164 Å². The first-order valence-corrected chi connectivity index (χ1v) is 10.4. The van der Waals surface area contributed by atoms with Gasteiger partial charge in [0.25, 0.3) is 10.0 Å². The first-order chi connectivity index (χ1) is 13.0. The lowest BCUT2D eigenvalue weighted by Crippen LogP contribution is -2.37. The molecule has 0 bridgehead atoms. The third-order valence-corrected chi connectivity index (χ3v) is 6.27. The predicted molar refractivity (Wildman–Crippen MR) is 98.7 cm³/mol. The summed E-state index contributed by atoms with van der Waals surface area (Å²) in [6.07, 6.45) is -5.01. The van der Waals surface area contributed by atoms with E-state index in [9.17, 15) is 26.4 Å². The number of benzene rings is 2. The van der Waals surface area contributed by atoms with E-state index in [0.29, 0.717) is 17.9 Å². The van der Waals surface area contributed by atoms with Gasteiger partial charge in [-0.05, 0) is 30.7 Å². The number of thioether (sulfide) groups is 1. The Morgan fingerprint density at radius 3 is 2.43 bits per heavy atom. The molecule has 1 atom stereocenters. The maximum Gasteiger partial charge on any atom is 0.417 e. The van der Waals surface area contributed by atoms with Crippen LogP contribution in [0, 0.1) is 11.3 Å². The molecule has 2 aromatic rings. The number of hydrogen-bond donors (Lipinski definition) is 1. The number of rotatable bonds is 6. The van der Waals surface area contributed by atoms with Crippen molar-refractivity contribution in [3.8, 4) is 6.07 Å². The molecule has 0 aliphatic heterocycles. The highest BCUT2D eigenvalue weighted by Crippen LogP contribution is 2.34. The minimum Gasteiger partial charge on any atom is -0.273 e.